The molecule has 1 fully saturated rings. The van der Waals surface area contributed by atoms with Crippen LogP contribution in [0.4, 0.5) is 5.82 Å². The van der Waals surface area contributed by atoms with E-state index in [1.165, 1.54) is 25.7 Å². The van der Waals surface area contributed by atoms with Crippen molar-refractivity contribution >= 4 is 11.8 Å². The fourth-order valence-corrected chi connectivity index (χ4v) is 2.85. The number of hydrogen-bond acceptors (Lipinski definition) is 3. The molecule has 1 aliphatic carbocycles. The standard InChI is InChI=1S/C15H22N2O2/c1-3-12-9-11(15(18)19)10-14(16-12)17(4-2)13-7-5-6-8-13/h9-10,13H,3-8H2,1-2H3,(H,18,19). The van der Waals surface area contributed by atoms with Gasteiger partial charge in [0.15, 0.2) is 0 Å². The maximum Gasteiger partial charge on any atom is 0.335 e. The van der Waals surface area contributed by atoms with E-state index >= 15 is 0 Å². The molecular weight excluding hydrogens is 240 g/mol. The van der Waals surface area contributed by atoms with E-state index in [4.69, 9.17) is 0 Å². The molecule has 0 aromatic carbocycles. The molecule has 4 heteroatoms. The molecular formula is C15H22N2O2. The van der Waals surface area contributed by atoms with Gasteiger partial charge in [-0.25, -0.2) is 9.78 Å². The summed E-state index contributed by atoms with van der Waals surface area (Å²) in [5, 5.41) is 9.20. The molecule has 0 spiro atoms. The molecule has 0 radical (unpaired) electrons. The third-order valence-electron chi connectivity index (χ3n) is 3.87. The summed E-state index contributed by atoms with van der Waals surface area (Å²) in [4.78, 5) is 18.1. The maximum atomic E-state index is 11.2. The van der Waals surface area contributed by atoms with E-state index in [-0.39, 0.29) is 0 Å². The maximum absolute atomic E-state index is 11.2. The quantitative estimate of drug-likeness (QED) is 0.885. The van der Waals surface area contributed by atoms with Gasteiger partial charge in [-0.15, -0.1) is 0 Å². The molecule has 1 aliphatic rings. The molecule has 1 N–H and O–H groups in total. The van der Waals surface area contributed by atoms with Gasteiger partial charge in [0.05, 0.1) is 5.56 Å². The van der Waals surface area contributed by atoms with Gasteiger partial charge in [-0.2, -0.15) is 0 Å². The van der Waals surface area contributed by atoms with Crippen LogP contribution >= 0.6 is 0 Å². The molecule has 1 aromatic heterocycles. The van der Waals surface area contributed by atoms with Crippen LogP contribution < -0.4 is 4.90 Å². The van der Waals surface area contributed by atoms with Crippen LogP contribution in [0.25, 0.3) is 0 Å². The zero-order valence-electron chi connectivity index (χ0n) is 11.7. The van der Waals surface area contributed by atoms with E-state index in [2.05, 4.69) is 16.8 Å². The Morgan fingerprint density at radius 1 is 1.37 bits per heavy atom. The predicted molar refractivity (Wildman–Crippen MR) is 75.9 cm³/mol. The number of carboxylic acids is 1. The highest BCUT2D eigenvalue weighted by Crippen LogP contribution is 2.27. The fourth-order valence-electron chi connectivity index (χ4n) is 2.85. The summed E-state index contributed by atoms with van der Waals surface area (Å²) < 4.78 is 0. The van der Waals surface area contributed by atoms with Crippen molar-refractivity contribution in [2.24, 2.45) is 0 Å². The highest BCUT2D eigenvalue weighted by atomic mass is 16.4. The van der Waals surface area contributed by atoms with E-state index in [9.17, 15) is 9.90 Å². The highest BCUT2D eigenvalue weighted by Gasteiger charge is 2.23. The fraction of sp³-hybridized carbons (Fsp3) is 0.600. The molecule has 0 bridgehead atoms. The Bertz CT molecular complexity index is 453. The summed E-state index contributed by atoms with van der Waals surface area (Å²) in [5.74, 6) is -0.0491. The summed E-state index contributed by atoms with van der Waals surface area (Å²) in [6, 6.07) is 3.91. The molecule has 4 nitrogen and oxygen atoms in total. The molecule has 2 rings (SSSR count). The first-order valence-corrected chi connectivity index (χ1v) is 7.16. The molecule has 0 amide bonds. The van der Waals surface area contributed by atoms with Crippen molar-refractivity contribution in [3.63, 3.8) is 0 Å². The minimum atomic E-state index is -0.874. The van der Waals surface area contributed by atoms with Crippen LogP contribution in [0.15, 0.2) is 12.1 Å². The van der Waals surface area contributed by atoms with Crippen LogP contribution in [0.3, 0.4) is 0 Å². The first-order valence-electron chi connectivity index (χ1n) is 7.16. The van der Waals surface area contributed by atoms with Crippen molar-refractivity contribution in [2.45, 2.75) is 52.0 Å². The van der Waals surface area contributed by atoms with Crippen LogP contribution in [0.1, 0.15) is 55.6 Å². The van der Waals surface area contributed by atoms with Gasteiger partial charge in [0.2, 0.25) is 0 Å². The Hall–Kier alpha value is -1.58. The van der Waals surface area contributed by atoms with Crippen molar-refractivity contribution in [3.05, 3.63) is 23.4 Å². The van der Waals surface area contributed by atoms with Crippen LogP contribution in [0.2, 0.25) is 0 Å². The zero-order valence-corrected chi connectivity index (χ0v) is 11.7. The molecule has 1 saturated carbocycles. The third kappa shape index (κ3) is 3.06. The first-order chi connectivity index (χ1) is 9.15. The average Bonchev–Trinajstić information content (AvgIpc) is 2.93. The number of nitrogens with zero attached hydrogens (tertiary/aromatic N) is 2. The smallest absolute Gasteiger partial charge is 0.335 e. The summed E-state index contributed by atoms with van der Waals surface area (Å²) >= 11 is 0. The van der Waals surface area contributed by atoms with Crippen molar-refractivity contribution < 1.29 is 9.90 Å². The molecule has 1 heterocycles. The van der Waals surface area contributed by atoms with Gasteiger partial charge in [-0.05, 0) is 38.3 Å². The summed E-state index contributed by atoms with van der Waals surface area (Å²) in [5.41, 5.74) is 1.20. The molecule has 0 saturated heterocycles. The Balaban J connectivity index is 2.35. The van der Waals surface area contributed by atoms with Gasteiger partial charge in [0.25, 0.3) is 0 Å². The number of hydrogen-bond donors (Lipinski definition) is 1. The average molecular weight is 262 g/mol. The summed E-state index contributed by atoms with van der Waals surface area (Å²) in [6.45, 7) is 4.99. The number of aromatic nitrogens is 1. The highest BCUT2D eigenvalue weighted by molar-refractivity contribution is 5.88. The normalized spacial score (nSPS) is 15.7. The van der Waals surface area contributed by atoms with Crippen molar-refractivity contribution in [3.8, 4) is 0 Å². The molecule has 19 heavy (non-hydrogen) atoms. The van der Waals surface area contributed by atoms with E-state index in [1.807, 2.05) is 6.92 Å². The van der Waals surface area contributed by atoms with E-state index in [0.29, 0.717) is 11.6 Å². The first kappa shape index (κ1) is 13.8. The van der Waals surface area contributed by atoms with Crippen LogP contribution in [-0.4, -0.2) is 28.6 Å². The second-order valence-corrected chi connectivity index (χ2v) is 5.09. The van der Waals surface area contributed by atoms with Crippen molar-refractivity contribution in [1.29, 1.82) is 0 Å². The Morgan fingerprint density at radius 3 is 2.58 bits per heavy atom. The number of pyridine rings is 1. The van der Waals surface area contributed by atoms with Crippen molar-refractivity contribution in [2.75, 3.05) is 11.4 Å². The van der Waals surface area contributed by atoms with Gasteiger partial charge in [0, 0.05) is 18.3 Å². The molecule has 104 valence electrons. The Kier molecular flexibility index (Phi) is 4.40. The number of rotatable bonds is 5. The van der Waals surface area contributed by atoms with Gasteiger partial charge in [0.1, 0.15) is 5.82 Å². The lowest BCUT2D eigenvalue weighted by Crippen LogP contribution is -2.34. The summed E-state index contributed by atoms with van der Waals surface area (Å²) in [7, 11) is 0. The molecule has 1 aromatic rings. The Morgan fingerprint density at radius 2 is 2.05 bits per heavy atom. The molecule has 0 aliphatic heterocycles. The third-order valence-corrected chi connectivity index (χ3v) is 3.87. The molecule has 0 unspecified atom stereocenters. The minimum absolute atomic E-state index is 0.346. The number of aromatic carboxylic acids is 1. The topological polar surface area (TPSA) is 53.4 Å². The number of carbonyl (C=O) groups is 1. The van der Waals surface area contributed by atoms with E-state index < -0.39 is 5.97 Å². The van der Waals surface area contributed by atoms with Crippen LogP contribution in [0.5, 0.6) is 0 Å². The van der Waals surface area contributed by atoms with Crippen LogP contribution in [-0.2, 0) is 6.42 Å². The SMILES string of the molecule is CCc1cc(C(=O)O)cc(N(CC)C2CCCC2)n1. The monoisotopic (exact) mass is 262 g/mol. The van der Waals surface area contributed by atoms with E-state index in [0.717, 1.165) is 24.5 Å². The minimum Gasteiger partial charge on any atom is -0.478 e. The van der Waals surface area contributed by atoms with Crippen LogP contribution in [0, 0.1) is 0 Å². The van der Waals surface area contributed by atoms with Gasteiger partial charge in [-0.1, -0.05) is 19.8 Å². The lowest BCUT2D eigenvalue weighted by molar-refractivity contribution is 0.0696. The van der Waals surface area contributed by atoms with Gasteiger partial charge >= 0.3 is 5.97 Å². The predicted octanol–water partition coefficient (Wildman–Crippen LogP) is 3.11. The van der Waals surface area contributed by atoms with Gasteiger partial charge < -0.3 is 10.0 Å². The second kappa shape index (κ2) is 6.04. The largest absolute Gasteiger partial charge is 0.478 e. The number of carboxylic acid groups (broad SMARTS) is 1. The summed E-state index contributed by atoms with van der Waals surface area (Å²) in [6.07, 6.45) is 5.67. The number of anilines is 1. The van der Waals surface area contributed by atoms with Crippen molar-refractivity contribution in [1.82, 2.24) is 4.98 Å². The Labute approximate surface area is 114 Å². The lowest BCUT2D eigenvalue weighted by Gasteiger charge is -2.29. The molecule has 0 atom stereocenters. The van der Waals surface area contributed by atoms with E-state index in [1.54, 1.807) is 12.1 Å². The number of aryl methyl sites for hydroxylation is 1. The lowest BCUT2D eigenvalue weighted by atomic mass is 10.1. The second-order valence-electron chi connectivity index (χ2n) is 5.09. The zero-order chi connectivity index (χ0) is 13.8. The van der Waals surface area contributed by atoms with Gasteiger partial charge in [-0.3, -0.25) is 0 Å².